The van der Waals surface area contributed by atoms with Gasteiger partial charge in [0.25, 0.3) is 10.1 Å². The Bertz CT molecular complexity index is 1710. The minimum atomic E-state index is -4.02. The van der Waals surface area contributed by atoms with Gasteiger partial charge in [0.15, 0.2) is 0 Å². The molecule has 2 heterocycles. The number of benzene rings is 3. The Morgan fingerprint density at radius 2 is 1.76 bits per heavy atom. The van der Waals surface area contributed by atoms with Gasteiger partial charge < -0.3 is 14.2 Å². The number of carbonyl (C=O) groups excluding carboxylic acids is 1. The van der Waals surface area contributed by atoms with Gasteiger partial charge >= 0.3 is 5.97 Å². The number of carbonyl (C=O) groups is 1. The monoisotopic (exact) mass is 667 g/mol. The van der Waals surface area contributed by atoms with Gasteiger partial charge in [-0.3, -0.25) is 14.2 Å². The van der Waals surface area contributed by atoms with Crippen LogP contribution in [0.2, 0.25) is 5.02 Å². The third kappa shape index (κ3) is 8.01. The molecule has 2 aliphatic heterocycles. The molecule has 0 spiro atoms. The summed E-state index contributed by atoms with van der Waals surface area (Å²) in [4.78, 5) is 15.1. The highest BCUT2D eigenvalue weighted by Gasteiger charge is 2.39. The second-order valence-electron chi connectivity index (χ2n) is 12.5. The molecule has 6 rings (SSSR count). The first-order valence-corrected chi connectivity index (χ1v) is 17.6. The Kier molecular flexibility index (Phi) is 10.6. The van der Waals surface area contributed by atoms with Gasteiger partial charge in [-0.05, 0) is 105 Å². The molecule has 8 nitrogen and oxygen atoms in total. The van der Waals surface area contributed by atoms with Gasteiger partial charge in [0.2, 0.25) is 0 Å². The molecular weight excluding hydrogens is 626 g/mol. The van der Waals surface area contributed by atoms with E-state index in [0.717, 1.165) is 66.8 Å². The lowest BCUT2D eigenvalue weighted by Crippen LogP contribution is -2.40. The quantitative estimate of drug-likeness (QED) is 0.157. The van der Waals surface area contributed by atoms with E-state index in [-0.39, 0.29) is 28.9 Å². The van der Waals surface area contributed by atoms with Gasteiger partial charge in [-0.1, -0.05) is 48.4 Å². The van der Waals surface area contributed by atoms with Gasteiger partial charge in [0.1, 0.15) is 17.1 Å². The maximum absolute atomic E-state index is 13.1. The van der Waals surface area contributed by atoms with Crippen molar-refractivity contribution in [3.05, 3.63) is 93.5 Å². The number of nitrogens with zero attached hydrogens (tertiary/aromatic N) is 1. The van der Waals surface area contributed by atoms with Crippen molar-refractivity contribution in [2.24, 2.45) is 0 Å². The van der Waals surface area contributed by atoms with Crippen LogP contribution in [0.4, 0.5) is 0 Å². The third-order valence-electron chi connectivity index (χ3n) is 8.76. The Balaban J connectivity index is 0.000000322. The zero-order valence-electron chi connectivity index (χ0n) is 26.8. The van der Waals surface area contributed by atoms with Gasteiger partial charge in [0.05, 0.1) is 30.2 Å². The first-order chi connectivity index (χ1) is 21.9. The molecule has 0 aromatic heterocycles. The Morgan fingerprint density at radius 3 is 2.41 bits per heavy atom. The summed E-state index contributed by atoms with van der Waals surface area (Å²) in [7, 11) is -4.02. The summed E-state index contributed by atoms with van der Waals surface area (Å²) < 4.78 is 47.7. The molecule has 3 aromatic carbocycles. The van der Waals surface area contributed by atoms with Crippen molar-refractivity contribution in [3.8, 4) is 11.5 Å². The number of hydrogen-bond donors (Lipinski definition) is 1. The lowest BCUT2D eigenvalue weighted by atomic mass is 9.84. The minimum absolute atomic E-state index is 0.0666. The van der Waals surface area contributed by atoms with Crippen LogP contribution >= 0.6 is 11.6 Å². The van der Waals surface area contributed by atoms with E-state index < -0.39 is 10.1 Å². The van der Waals surface area contributed by atoms with Crippen LogP contribution < -0.4 is 9.47 Å². The number of ether oxygens (including phenoxy) is 3. The van der Waals surface area contributed by atoms with Crippen LogP contribution in [0.15, 0.2) is 71.1 Å². The van der Waals surface area contributed by atoms with E-state index in [9.17, 15) is 13.2 Å². The number of morpholine rings is 1. The van der Waals surface area contributed by atoms with E-state index in [2.05, 4.69) is 43.9 Å². The summed E-state index contributed by atoms with van der Waals surface area (Å²) in [5.74, 6) is 1.29. The van der Waals surface area contributed by atoms with Crippen LogP contribution in [-0.4, -0.2) is 62.3 Å². The van der Waals surface area contributed by atoms with E-state index >= 15 is 0 Å². The molecule has 0 amide bonds. The van der Waals surface area contributed by atoms with Gasteiger partial charge in [-0.2, -0.15) is 8.42 Å². The second-order valence-corrected chi connectivity index (χ2v) is 14.3. The summed E-state index contributed by atoms with van der Waals surface area (Å²) in [6.07, 6.45) is 3.98. The van der Waals surface area contributed by atoms with Crippen molar-refractivity contribution in [1.82, 2.24) is 4.90 Å². The van der Waals surface area contributed by atoms with Crippen molar-refractivity contribution in [2.45, 2.75) is 69.8 Å². The third-order valence-corrected chi connectivity index (χ3v) is 9.86. The molecule has 1 saturated heterocycles. The van der Waals surface area contributed by atoms with E-state index in [1.807, 2.05) is 25.1 Å². The molecule has 0 saturated carbocycles. The molecule has 1 fully saturated rings. The predicted molar refractivity (Wildman–Crippen MR) is 179 cm³/mol. The summed E-state index contributed by atoms with van der Waals surface area (Å²) >= 11 is 6.33. The summed E-state index contributed by atoms with van der Waals surface area (Å²) in [5, 5.41) is 0.717. The number of allylic oxidation sites excluding steroid dienone is 1. The summed E-state index contributed by atoms with van der Waals surface area (Å²) in [6, 6.07) is 18.2. The smallest absolute Gasteiger partial charge is 0.325 e. The highest BCUT2D eigenvalue weighted by atomic mass is 35.5. The van der Waals surface area contributed by atoms with Crippen LogP contribution in [0.25, 0.3) is 5.57 Å². The zero-order valence-corrected chi connectivity index (χ0v) is 28.4. The molecule has 3 aromatic rings. The lowest BCUT2D eigenvalue weighted by molar-refractivity contribution is -0.136. The molecule has 46 heavy (non-hydrogen) atoms. The molecule has 1 N–H and O–H groups in total. The van der Waals surface area contributed by atoms with Crippen LogP contribution in [-0.2, 0) is 19.6 Å². The van der Waals surface area contributed by atoms with Gasteiger partial charge in [0, 0.05) is 24.0 Å². The summed E-state index contributed by atoms with van der Waals surface area (Å²) in [5.41, 5.74) is 6.36. The highest BCUT2D eigenvalue weighted by Crippen LogP contribution is 2.52. The number of rotatable bonds is 7. The molecule has 3 aliphatic rings. The zero-order chi connectivity index (χ0) is 33.1. The number of aryl methyl sites for hydroxylation is 1. The predicted octanol–water partition coefficient (Wildman–Crippen LogP) is 7.47. The van der Waals surface area contributed by atoms with E-state index in [1.165, 1.54) is 23.3 Å². The lowest BCUT2D eigenvalue weighted by Gasteiger charge is -2.36. The van der Waals surface area contributed by atoms with Crippen LogP contribution in [0, 0.1) is 6.92 Å². The van der Waals surface area contributed by atoms with Crippen molar-refractivity contribution >= 4 is 33.3 Å². The van der Waals surface area contributed by atoms with E-state index in [0.29, 0.717) is 24.0 Å². The van der Waals surface area contributed by atoms with Gasteiger partial charge in [-0.15, -0.1) is 0 Å². The Hall–Kier alpha value is -3.21. The molecule has 246 valence electrons. The average Bonchev–Trinajstić information content (AvgIpc) is 3.49. The topological polar surface area (TPSA) is 102 Å². The van der Waals surface area contributed by atoms with E-state index in [1.54, 1.807) is 12.1 Å². The molecular formula is C36H42ClNO7S. The number of halogens is 1. The largest absolute Gasteiger partial charge is 0.483 e. The van der Waals surface area contributed by atoms with Crippen molar-refractivity contribution in [2.75, 3.05) is 32.8 Å². The van der Waals surface area contributed by atoms with Crippen molar-refractivity contribution in [1.29, 1.82) is 0 Å². The molecule has 0 radical (unpaired) electrons. The maximum atomic E-state index is 13.1. The molecule has 0 bridgehead atoms. The van der Waals surface area contributed by atoms with E-state index in [4.69, 9.17) is 30.4 Å². The van der Waals surface area contributed by atoms with Crippen LogP contribution in [0.3, 0.4) is 0 Å². The Morgan fingerprint density at radius 1 is 1.04 bits per heavy atom. The average molecular weight is 668 g/mol. The molecule has 1 unspecified atom stereocenters. The molecule has 1 aliphatic carbocycles. The summed E-state index contributed by atoms with van der Waals surface area (Å²) in [6.45, 7) is 11.3. The minimum Gasteiger partial charge on any atom is -0.483 e. The molecule has 10 heteroatoms. The number of hydrogen-bond acceptors (Lipinski definition) is 7. The maximum Gasteiger partial charge on any atom is 0.325 e. The highest BCUT2D eigenvalue weighted by molar-refractivity contribution is 7.85. The fraction of sp³-hybridized carbons (Fsp3) is 0.417. The van der Waals surface area contributed by atoms with Crippen LogP contribution in [0.5, 0.6) is 11.5 Å². The van der Waals surface area contributed by atoms with Crippen molar-refractivity contribution in [3.63, 3.8) is 0 Å². The first kappa shape index (κ1) is 34.1. The fourth-order valence-electron chi connectivity index (χ4n) is 6.48. The van der Waals surface area contributed by atoms with Gasteiger partial charge in [-0.25, -0.2) is 0 Å². The number of fused-ring (bicyclic) bond motifs is 2. The molecule has 1 atom stereocenters. The van der Waals surface area contributed by atoms with Crippen molar-refractivity contribution < 1.29 is 32.0 Å². The van der Waals surface area contributed by atoms with Crippen LogP contribution in [0.1, 0.15) is 74.6 Å². The normalized spacial score (nSPS) is 18.0. The second kappa shape index (κ2) is 14.3. The SMILES string of the molecule is CCC(c1cccc(Cl)c1)c1cc(OC(=O)CN2CCOCC2)c2c(c1)OC(C)(C)C1=C2CCC1.Cc1ccc(S(=O)(=O)O)cc1. The Labute approximate surface area is 277 Å². The first-order valence-electron chi connectivity index (χ1n) is 15.8. The standard InChI is InChI=1S/C29H34ClNO4.C7H8O3S/c1-4-22(19-7-5-8-21(30)15-19)20-16-25(34-27(32)18-31-11-13-33-14-12-31)28-23-9-6-10-24(23)29(2,3)35-26(28)17-20;1-6-2-4-7(5-3-6)11(8,9)10/h5,7-8,15-17,22H,4,6,9-14,18H2,1-3H3;2-5H,1H3,(H,8,9,10). The number of esters is 1. The fourth-order valence-corrected chi connectivity index (χ4v) is 7.16.